The van der Waals surface area contributed by atoms with Gasteiger partial charge in [-0.05, 0) is 26.8 Å². The summed E-state index contributed by atoms with van der Waals surface area (Å²) in [7, 11) is 1.73. The molecule has 19 heavy (non-hydrogen) atoms. The smallest absolute Gasteiger partial charge is 0.126 e. The van der Waals surface area contributed by atoms with Gasteiger partial charge in [-0.2, -0.15) is 0 Å². The van der Waals surface area contributed by atoms with Crippen molar-refractivity contribution in [3.05, 3.63) is 53.3 Å². The van der Waals surface area contributed by atoms with Crippen molar-refractivity contribution in [2.75, 3.05) is 7.05 Å². The van der Waals surface area contributed by atoms with E-state index < -0.39 is 0 Å². The zero-order chi connectivity index (χ0) is 14.4. The number of aromatic nitrogens is 2. The van der Waals surface area contributed by atoms with Gasteiger partial charge < -0.3 is 5.73 Å². The molecule has 4 nitrogen and oxygen atoms in total. The quantitative estimate of drug-likeness (QED) is 0.665. The Balaban J connectivity index is 3.50. The van der Waals surface area contributed by atoms with E-state index in [1.807, 2.05) is 32.9 Å². The van der Waals surface area contributed by atoms with E-state index in [9.17, 15) is 0 Å². The standard InChI is InChI=1S/C15H20N4/c1-6-13(8-7-10(2)16)15-14(9-17-5)11(3)18-12(4)19-15/h6-9H,1,16H2,2-5H3/b10-7+,13-8+,17-9?. The monoisotopic (exact) mass is 256 g/mol. The van der Waals surface area contributed by atoms with Gasteiger partial charge in [0.1, 0.15) is 5.82 Å². The van der Waals surface area contributed by atoms with Crippen LogP contribution in [-0.2, 0) is 0 Å². The van der Waals surface area contributed by atoms with E-state index in [1.165, 1.54) is 0 Å². The Labute approximate surface area is 114 Å². The summed E-state index contributed by atoms with van der Waals surface area (Å²) in [5.74, 6) is 0.724. The van der Waals surface area contributed by atoms with Crippen LogP contribution in [0.15, 0.2) is 35.5 Å². The first-order chi connectivity index (χ1) is 8.99. The molecule has 0 spiro atoms. The Morgan fingerprint density at radius 1 is 1.26 bits per heavy atom. The fraction of sp³-hybridized carbons (Fsp3) is 0.267. The Morgan fingerprint density at radius 2 is 1.95 bits per heavy atom. The lowest BCUT2D eigenvalue weighted by atomic mass is 10.0. The van der Waals surface area contributed by atoms with E-state index in [1.54, 1.807) is 19.3 Å². The molecule has 0 unspecified atom stereocenters. The maximum absolute atomic E-state index is 5.65. The molecule has 1 aromatic rings. The minimum absolute atomic E-state index is 0.724. The highest BCUT2D eigenvalue weighted by atomic mass is 14.9. The van der Waals surface area contributed by atoms with Crippen molar-refractivity contribution in [1.29, 1.82) is 0 Å². The lowest BCUT2D eigenvalue weighted by Crippen LogP contribution is -2.04. The second-order valence-corrected chi connectivity index (χ2v) is 4.24. The van der Waals surface area contributed by atoms with Crippen LogP contribution in [0.5, 0.6) is 0 Å². The first-order valence-electron chi connectivity index (χ1n) is 6.03. The van der Waals surface area contributed by atoms with Crippen LogP contribution in [0.25, 0.3) is 5.57 Å². The molecule has 0 saturated heterocycles. The van der Waals surface area contributed by atoms with E-state index in [0.717, 1.165) is 34.0 Å². The number of nitrogens with two attached hydrogens (primary N) is 1. The lowest BCUT2D eigenvalue weighted by Gasteiger charge is -2.09. The summed E-state index contributed by atoms with van der Waals surface area (Å²) in [5, 5.41) is 0. The minimum Gasteiger partial charge on any atom is -0.402 e. The minimum atomic E-state index is 0.724. The Morgan fingerprint density at radius 3 is 2.47 bits per heavy atom. The van der Waals surface area contributed by atoms with Gasteiger partial charge in [-0.1, -0.05) is 18.7 Å². The number of hydrogen-bond acceptors (Lipinski definition) is 4. The number of rotatable bonds is 4. The SMILES string of the molecule is C=C/C(=C\C=C(/C)N)c1nc(C)nc(C)c1C=NC. The van der Waals surface area contributed by atoms with Crippen LogP contribution in [0.4, 0.5) is 0 Å². The normalized spacial score (nSPS) is 13.1. The van der Waals surface area contributed by atoms with Crippen molar-refractivity contribution in [2.24, 2.45) is 10.7 Å². The Hall–Kier alpha value is -2.23. The first-order valence-corrected chi connectivity index (χ1v) is 6.03. The molecule has 0 aliphatic heterocycles. The molecule has 0 saturated carbocycles. The molecule has 1 aromatic heterocycles. The number of hydrogen-bond donors (Lipinski definition) is 1. The number of aryl methyl sites for hydroxylation is 2. The number of allylic oxidation sites excluding steroid dienone is 5. The van der Waals surface area contributed by atoms with Crippen molar-refractivity contribution >= 4 is 11.8 Å². The first kappa shape index (κ1) is 14.8. The molecule has 0 aliphatic carbocycles. The van der Waals surface area contributed by atoms with Crippen LogP contribution in [0.1, 0.15) is 29.7 Å². The fourth-order valence-corrected chi connectivity index (χ4v) is 1.69. The van der Waals surface area contributed by atoms with Crippen LogP contribution in [0, 0.1) is 13.8 Å². The van der Waals surface area contributed by atoms with Gasteiger partial charge in [-0.15, -0.1) is 0 Å². The third-order valence-corrected chi connectivity index (χ3v) is 2.53. The van der Waals surface area contributed by atoms with Gasteiger partial charge in [-0.25, -0.2) is 9.97 Å². The van der Waals surface area contributed by atoms with Crippen LogP contribution >= 0.6 is 0 Å². The molecule has 0 aliphatic rings. The summed E-state index contributed by atoms with van der Waals surface area (Å²) in [6.07, 6.45) is 7.25. The van der Waals surface area contributed by atoms with Crippen LogP contribution in [-0.4, -0.2) is 23.2 Å². The molecule has 2 N–H and O–H groups in total. The van der Waals surface area contributed by atoms with Crippen LogP contribution < -0.4 is 5.73 Å². The second kappa shape index (κ2) is 6.64. The largest absolute Gasteiger partial charge is 0.402 e. The van der Waals surface area contributed by atoms with Crippen LogP contribution in [0.3, 0.4) is 0 Å². The van der Waals surface area contributed by atoms with Gasteiger partial charge >= 0.3 is 0 Å². The van der Waals surface area contributed by atoms with E-state index >= 15 is 0 Å². The average Bonchev–Trinajstić information content (AvgIpc) is 2.33. The molecule has 0 fully saturated rings. The predicted molar refractivity (Wildman–Crippen MR) is 81.1 cm³/mol. The molecule has 0 aromatic carbocycles. The highest BCUT2D eigenvalue weighted by Crippen LogP contribution is 2.19. The fourth-order valence-electron chi connectivity index (χ4n) is 1.69. The van der Waals surface area contributed by atoms with Crippen molar-refractivity contribution in [3.63, 3.8) is 0 Å². The third-order valence-electron chi connectivity index (χ3n) is 2.53. The van der Waals surface area contributed by atoms with Crippen molar-refractivity contribution < 1.29 is 0 Å². The van der Waals surface area contributed by atoms with E-state index in [-0.39, 0.29) is 0 Å². The van der Waals surface area contributed by atoms with Crippen molar-refractivity contribution in [3.8, 4) is 0 Å². The topological polar surface area (TPSA) is 64.2 Å². The molecule has 100 valence electrons. The second-order valence-electron chi connectivity index (χ2n) is 4.24. The molecule has 1 rings (SSSR count). The summed E-state index contributed by atoms with van der Waals surface area (Å²) < 4.78 is 0. The highest BCUT2D eigenvalue weighted by Gasteiger charge is 2.10. The van der Waals surface area contributed by atoms with E-state index in [0.29, 0.717) is 0 Å². The Kier molecular flexibility index (Phi) is 5.18. The average molecular weight is 256 g/mol. The molecule has 4 heteroatoms. The summed E-state index contributed by atoms with van der Waals surface area (Å²) in [6.45, 7) is 9.48. The summed E-state index contributed by atoms with van der Waals surface area (Å²) in [5.41, 5.74) is 9.90. The van der Waals surface area contributed by atoms with Gasteiger partial charge in [0.25, 0.3) is 0 Å². The van der Waals surface area contributed by atoms with Gasteiger partial charge in [0, 0.05) is 30.1 Å². The predicted octanol–water partition coefficient (Wildman–Crippen LogP) is 2.57. The van der Waals surface area contributed by atoms with E-state index in [2.05, 4.69) is 21.5 Å². The third kappa shape index (κ3) is 3.88. The van der Waals surface area contributed by atoms with Gasteiger partial charge in [0.15, 0.2) is 0 Å². The van der Waals surface area contributed by atoms with Crippen LogP contribution in [0.2, 0.25) is 0 Å². The zero-order valence-corrected chi connectivity index (χ0v) is 11.9. The van der Waals surface area contributed by atoms with Crippen molar-refractivity contribution in [1.82, 2.24) is 9.97 Å². The molecular weight excluding hydrogens is 236 g/mol. The highest BCUT2D eigenvalue weighted by molar-refractivity contribution is 5.90. The molecule has 0 radical (unpaired) electrons. The molecule has 0 bridgehead atoms. The maximum Gasteiger partial charge on any atom is 0.126 e. The zero-order valence-electron chi connectivity index (χ0n) is 11.9. The number of aliphatic imine (C=N–C) groups is 1. The Bertz CT molecular complexity index is 562. The lowest BCUT2D eigenvalue weighted by molar-refractivity contribution is 0.993. The van der Waals surface area contributed by atoms with E-state index in [4.69, 9.17) is 5.73 Å². The molecule has 0 amide bonds. The summed E-state index contributed by atoms with van der Waals surface area (Å²) in [6, 6.07) is 0. The summed E-state index contributed by atoms with van der Waals surface area (Å²) in [4.78, 5) is 12.9. The van der Waals surface area contributed by atoms with Gasteiger partial charge in [-0.3, -0.25) is 4.99 Å². The summed E-state index contributed by atoms with van der Waals surface area (Å²) >= 11 is 0. The van der Waals surface area contributed by atoms with Gasteiger partial charge in [0.2, 0.25) is 0 Å². The van der Waals surface area contributed by atoms with Crippen molar-refractivity contribution in [2.45, 2.75) is 20.8 Å². The molecular formula is C15H20N4. The molecule has 1 heterocycles. The van der Waals surface area contributed by atoms with Gasteiger partial charge in [0.05, 0.1) is 11.4 Å². The molecule has 0 atom stereocenters. The number of nitrogens with zero attached hydrogens (tertiary/aromatic N) is 3. The maximum atomic E-state index is 5.65.